The lowest BCUT2D eigenvalue weighted by Gasteiger charge is -2.05. The van der Waals surface area contributed by atoms with Gasteiger partial charge in [-0.15, -0.1) is 11.3 Å². The number of aryl methyl sites for hydroxylation is 1. The van der Waals surface area contributed by atoms with Gasteiger partial charge in [0.25, 0.3) is 0 Å². The standard InChI is InChI=1S/C12H12N2O2S2/c1-8-6-17-12(13-8)18-7-11(16)14-9-4-2-3-5-10(9)15/h2-6,15H,7H2,1H3,(H,14,16). The molecule has 4 nitrogen and oxygen atoms in total. The molecule has 0 radical (unpaired) electrons. The second-order valence-electron chi connectivity index (χ2n) is 3.61. The van der Waals surface area contributed by atoms with E-state index in [1.165, 1.54) is 29.2 Å². The molecule has 0 aliphatic rings. The van der Waals surface area contributed by atoms with Gasteiger partial charge < -0.3 is 10.4 Å². The molecule has 2 N–H and O–H groups in total. The van der Waals surface area contributed by atoms with E-state index in [9.17, 15) is 9.90 Å². The van der Waals surface area contributed by atoms with E-state index >= 15 is 0 Å². The molecule has 0 fully saturated rings. The molecule has 0 bridgehead atoms. The molecule has 0 unspecified atom stereocenters. The zero-order valence-electron chi connectivity index (χ0n) is 9.71. The summed E-state index contributed by atoms with van der Waals surface area (Å²) in [5, 5.41) is 14.1. The van der Waals surface area contributed by atoms with Crippen molar-refractivity contribution in [2.24, 2.45) is 0 Å². The van der Waals surface area contributed by atoms with Crippen molar-refractivity contribution in [3.8, 4) is 5.75 Å². The Labute approximate surface area is 113 Å². The summed E-state index contributed by atoms with van der Waals surface area (Å²) in [6.07, 6.45) is 0. The van der Waals surface area contributed by atoms with E-state index in [4.69, 9.17) is 0 Å². The summed E-state index contributed by atoms with van der Waals surface area (Å²) in [7, 11) is 0. The highest BCUT2D eigenvalue weighted by Gasteiger charge is 2.07. The Bertz CT molecular complexity index is 555. The molecule has 0 aliphatic heterocycles. The van der Waals surface area contributed by atoms with Crippen LogP contribution in [-0.2, 0) is 4.79 Å². The van der Waals surface area contributed by atoms with E-state index in [0.29, 0.717) is 5.69 Å². The van der Waals surface area contributed by atoms with Crippen molar-refractivity contribution in [1.82, 2.24) is 4.98 Å². The summed E-state index contributed by atoms with van der Waals surface area (Å²) in [6.45, 7) is 1.92. The van der Waals surface area contributed by atoms with Crippen LogP contribution in [0.15, 0.2) is 34.0 Å². The van der Waals surface area contributed by atoms with Gasteiger partial charge in [0.1, 0.15) is 5.75 Å². The topological polar surface area (TPSA) is 62.2 Å². The maximum absolute atomic E-state index is 11.7. The Morgan fingerprint density at radius 3 is 2.94 bits per heavy atom. The maximum atomic E-state index is 11.7. The first kappa shape index (κ1) is 12.9. The van der Waals surface area contributed by atoms with E-state index in [2.05, 4.69) is 10.3 Å². The number of aromatic hydroxyl groups is 1. The molecule has 0 spiro atoms. The number of carbonyl (C=O) groups excluding carboxylic acids is 1. The number of nitrogens with one attached hydrogen (secondary N) is 1. The molecule has 0 saturated heterocycles. The summed E-state index contributed by atoms with van der Waals surface area (Å²) < 4.78 is 0.875. The van der Waals surface area contributed by atoms with Gasteiger partial charge in [-0.05, 0) is 19.1 Å². The van der Waals surface area contributed by atoms with E-state index in [0.717, 1.165) is 10.0 Å². The smallest absolute Gasteiger partial charge is 0.234 e. The fourth-order valence-electron chi connectivity index (χ4n) is 1.29. The van der Waals surface area contributed by atoms with Crippen LogP contribution in [0, 0.1) is 6.92 Å². The summed E-state index contributed by atoms with van der Waals surface area (Å²) in [4.78, 5) is 15.9. The van der Waals surface area contributed by atoms with Crippen LogP contribution in [0.25, 0.3) is 0 Å². The minimum absolute atomic E-state index is 0.0703. The van der Waals surface area contributed by atoms with Crippen LogP contribution in [0.2, 0.25) is 0 Å². The summed E-state index contributed by atoms with van der Waals surface area (Å²) in [6, 6.07) is 6.66. The number of aromatic nitrogens is 1. The molecule has 0 atom stereocenters. The van der Waals surface area contributed by atoms with Crippen molar-refractivity contribution >= 4 is 34.7 Å². The highest BCUT2D eigenvalue weighted by atomic mass is 32.2. The average molecular weight is 280 g/mol. The van der Waals surface area contributed by atoms with Crippen LogP contribution in [0.4, 0.5) is 5.69 Å². The number of carbonyl (C=O) groups is 1. The van der Waals surface area contributed by atoms with Crippen molar-refractivity contribution < 1.29 is 9.90 Å². The molecule has 0 saturated carbocycles. The van der Waals surface area contributed by atoms with Crippen molar-refractivity contribution in [3.05, 3.63) is 35.3 Å². The molecule has 2 rings (SSSR count). The first-order chi connectivity index (χ1) is 8.65. The zero-order valence-corrected chi connectivity index (χ0v) is 11.3. The summed E-state index contributed by atoms with van der Waals surface area (Å²) in [5.74, 6) is 0.191. The molecular formula is C12H12N2O2S2. The molecule has 1 aromatic heterocycles. The summed E-state index contributed by atoms with van der Waals surface area (Å²) in [5.41, 5.74) is 1.39. The molecule has 1 amide bonds. The number of anilines is 1. The van der Waals surface area contributed by atoms with Gasteiger partial charge in [-0.25, -0.2) is 4.98 Å². The lowest BCUT2D eigenvalue weighted by atomic mass is 10.3. The first-order valence-electron chi connectivity index (χ1n) is 5.28. The Balaban J connectivity index is 1.88. The minimum Gasteiger partial charge on any atom is -0.506 e. The Hall–Kier alpha value is -1.53. The van der Waals surface area contributed by atoms with Gasteiger partial charge in [-0.2, -0.15) is 0 Å². The summed E-state index contributed by atoms with van der Waals surface area (Å²) >= 11 is 2.91. The van der Waals surface area contributed by atoms with Crippen LogP contribution < -0.4 is 5.32 Å². The predicted molar refractivity (Wildman–Crippen MR) is 74.3 cm³/mol. The van der Waals surface area contributed by atoms with Crippen LogP contribution in [0.3, 0.4) is 0 Å². The number of nitrogens with zero attached hydrogens (tertiary/aromatic N) is 1. The largest absolute Gasteiger partial charge is 0.506 e. The number of hydrogen-bond acceptors (Lipinski definition) is 5. The molecule has 1 heterocycles. The molecule has 6 heteroatoms. The van der Waals surface area contributed by atoms with Gasteiger partial charge in [0.05, 0.1) is 11.4 Å². The Kier molecular flexibility index (Phi) is 4.22. The van der Waals surface area contributed by atoms with E-state index in [-0.39, 0.29) is 17.4 Å². The fraction of sp³-hybridized carbons (Fsp3) is 0.167. The predicted octanol–water partition coefficient (Wildman–Crippen LogP) is 2.89. The van der Waals surface area contributed by atoms with Gasteiger partial charge in [-0.1, -0.05) is 23.9 Å². The molecule has 1 aromatic carbocycles. The number of hydrogen-bond donors (Lipinski definition) is 2. The van der Waals surface area contributed by atoms with Crippen molar-refractivity contribution in [3.63, 3.8) is 0 Å². The van der Waals surface area contributed by atoms with Crippen LogP contribution >= 0.6 is 23.1 Å². The average Bonchev–Trinajstić information content (AvgIpc) is 2.76. The third-order valence-electron chi connectivity index (χ3n) is 2.10. The van der Waals surface area contributed by atoms with Gasteiger partial charge >= 0.3 is 0 Å². The molecular weight excluding hydrogens is 268 g/mol. The lowest BCUT2D eigenvalue weighted by Crippen LogP contribution is -2.13. The van der Waals surface area contributed by atoms with E-state index < -0.39 is 0 Å². The number of rotatable bonds is 4. The second-order valence-corrected chi connectivity index (χ2v) is 5.69. The van der Waals surface area contributed by atoms with E-state index in [1.54, 1.807) is 18.2 Å². The van der Waals surface area contributed by atoms with Crippen LogP contribution in [0.1, 0.15) is 5.69 Å². The number of thioether (sulfide) groups is 1. The molecule has 2 aromatic rings. The Morgan fingerprint density at radius 2 is 2.28 bits per heavy atom. The van der Waals surface area contributed by atoms with Gasteiger partial charge in [0.2, 0.25) is 5.91 Å². The third kappa shape index (κ3) is 3.48. The number of phenols is 1. The Morgan fingerprint density at radius 1 is 1.50 bits per heavy atom. The SMILES string of the molecule is Cc1csc(SCC(=O)Nc2ccccc2O)n1. The lowest BCUT2D eigenvalue weighted by molar-refractivity contribution is -0.113. The van der Waals surface area contributed by atoms with E-state index in [1.807, 2.05) is 12.3 Å². The third-order valence-corrected chi connectivity index (χ3v) is 4.24. The molecule has 94 valence electrons. The fourth-order valence-corrected chi connectivity index (χ4v) is 2.94. The van der Waals surface area contributed by atoms with Crippen LogP contribution in [0.5, 0.6) is 5.75 Å². The number of para-hydroxylation sites is 2. The normalized spacial score (nSPS) is 10.3. The second kappa shape index (κ2) is 5.88. The van der Waals surface area contributed by atoms with Crippen molar-refractivity contribution in [2.75, 3.05) is 11.1 Å². The number of benzene rings is 1. The highest BCUT2D eigenvalue weighted by molar-refractivity contribution is 8.01. The highest BCUT2D eigenvalue weighted by Crippen LogP contribution is 2.24. The number of thiazole rings is 1. The van der Waals surface area contributed by atoms with Crippen molar-refractivity contribution in [2.45, 2.75) is 11.3 Å². The maximum Gasteiger partial charge on any atom is 0.234 e. The quantitative estimate of drug-likeness (QED) is 0.668. The molecule has 18 heavy (non-hydrogen) atoms. The zero-order chi connectivity index (χ0) is 13.0. The number of phenolic OH excluding ortho intramolecular Hbond substituents is 1. The number of amides is 1. The molecule has 0 aliphatic carbocycles. The minimum atomic E-state index is -0.158. The van der Waals surface area contributed by atoms with Gasteiger partial charge in [-0.3, -0.25) is 4.79 Å². The monoisotopic (exact) mass is 280 g/mol. The van der Waals surface area contributed by atoms with Crippen molar-refractivity contribution in [1.29, 1.82) is 0 Å². The first-order valence-corrected chi connectivity index (χ1v) is 7.14. The van der Waals surface area contributed by atoms with Gasteiger partial charge in [0, 0.05) is 11.1 Å². The van der Waals surface area contributed by atoms with Gasteiger partial charge in [0.15, 0.2) is 4.34 Å². The van der Waals surface area contributed by atoms with Crippen LogP contribution in [-0.4, -0.2) is 21.8 Å².